The van der Waals surface area contributed by atoms with Crippen LogP contribution in [0.3, 0.4) is 0 Å². The zero-order valence-electron chi connectivity index (χ0n) is 13.3. The molecule has 0 saturated heterocycles. The van der Waals surface area contributed by atoms with E-state index in [-0.39, 0.29) is 5.56 Å². The SMILES string of the molecule is CCn1c(=O)c2c(c3ccccc31)Oc1ccc(Cl)cc1N=C2C. The molecule has 3 aromatic rings. The third-order valence-electron chi connectivity index (χ3n) is 4.22. The molecule has 1 aliphatic rings. The second kappa shape index (κ2) is 5.49. The summed E-state index contributed by atoms with van der Waals surface area (Å²) in [6.07, 6.45) is 0. The Labute approximate surface area is 144 Å². The number of aromatic nitrogens is 1. The summed E-state index contributed by atoms with van der Waals surface area (Å²) >= 11 is 6.07. The molecule has 0 radical (unpaired) electrons. The summed E-state index contributed by atoms with van der Waals surface area (Å²) in [5.41, 5.74) is 2.52. The molecular formula is C19H15ClN2O2. The normalized spacial score (nSPS) is 12.9. The van der Waals surface area contributed by atoms with Crippen molar-refractivity contribution < 1.29 is 4.74 Å². The minimum atomic E-state index is -0.0913. The first-order chi connectivity index (χ1) is 11.6. The predicted molar refractivity (Wildman–Crippen MR) is 97.3 cm³/mol. The minimum Gasteiger partial charge on any atom is -0.453 e. The van der Waals surface area contributed by atoms with Gasteiger partial charge in [0.15, 0.2) is 11.5 Å². The monoisotopic (exact) mass is 338 g/mol. The van der Waals surface area contributed by atoms with Gasteiger partial charge in [0.2, 0.25) is 0 Å². The third-order valence-corrected chi connectivity index (χ3v) is 4.46. The summed E-state index contributed by atoms with van der Waals surface area (Å²) in [5, 5.41) is 1.47. The topological polar surface area (TPSA) is 43.6 Å². The number of pyridine rings is 1. The van der Waals surface area contributed by atoms with Crippen LogP contribution in [-0.2, 0) is 6.54 Å². The summed E-state index contributed by atoms with van der Waals surface area (Å²) in [4.78, 5) is 17.6. The Morgan fingerprint density at radius 2 is 2.00 bits per heavy atom. The molecular weight excluding hydrogens is 324 g/mol. The van der Waals surface area contributed by atoms with Crippen molar-refractivity contribution in [3.05, 3.63) is 63.4 Å². The Kier molecular flexibility index (Phi) is 3.43. The van der Waals surface area contributed by atoms with E-state index in [9.17, 15) is 4.79 Å². The lowest BCUT2D eigenvalue weighted by Gasteiger charge is -2.15. The van der Waals surface area contributed by atoms with Gasteiger partial charge >= 0.3 is 0 Å². The molecule has 1 aliphatic heterocycles. The number of para-hydroxylation sites is 1. The quantitative estimate of drug-likeness (QED) is 0.632. The van der Waals surface area contributed by atoms with E-state index in [2.05, 4.69) is 4.99 Å². The second-order valence-corrected chi connectivity index (χ2v) is 6.12. The first-order valence-corrected chi connectivity index (χ1v) is 8.16. The van der Waals surface area contributed by atoms with Crippen molar-refractivity contribution in [1.82, 2.24) is 4.57 Å². The predicted octanol–water partition coefficient (Wildman–Crippen LogP) is 4.92. The van der Waals surface area contributed by atoms with Crippen LogP contribution in [0.25, 0.3) is 10.9 Å². The zero-order chi connectivity index (χ0) is 16.8. The molecule has 4 nitrogen and oxygen atoms in total. The Morgan fingerprint density at radius 1 is 1.21 bits per heavy atom. The van der Waals surface area contributed by atoms with E-state index < -0.39 is 0 Å². The lowest BCUT2D eigenvalue weighted by molar-refractivity contribution is 0.488. The average Bonchev–Trinajstić information content (AvgIpc) is 2.71. The van der Waals surface area contributed by atoms with Crippen molar-refractivity contribution in [2.24, 2.45) is 4.99 Å². The Balaban J connectivity index is 2.14. The molecule has 0 saturated carbocycles. The zero-order valence-corrected chi connectivity index (χ0v) is 14.1. The van der Waals surface area contributed by atoms with Gasteiger partial charge in [-0.15, -0.1) is 0 Å². The van der Waals surface area contributed by atoms with E-state index in [0.29, 0.717) is 40.0 Å². The van der Waals surface area contributed by atoms with Crippen molar-refractivity contribution in [2.45, 2.75) is 20.4 Å². The number of aryl methyl sites for hydroxylation is 1. The van der Waals surface area contributed by atoms with Crippen LogP contribution in [0.4, 0.5) is 5.69 Å². The summed E-state index contributed by atoms with van der Waals surface area (Å²) in [5.74, 6) is 1.15. The van der Waals surface area contributed by atoms with Gasteiger partial charge in [0.05, 0.1) is 11.2 Å². The molecule has 0 unspecified atom stereocenters. The first-order valence-electron chi connectivity index (χ1n) is 7.78. The molecule has 0 amide bonds. The third kappa shape index (κ3) is 2.14. The van der Waals surface area contributed by atoms with Gasteiger partial charge in [-0.25, -0.2) is 4.99 Å². The van der Waals surface area contributed by atoms with E-state index in [1.165, 1.54) is 0 Å². The lowest BCUT2D eigenvalue weighted by Crippen LogP contribution is -2.26. The van der Waals surface area contributed by atoms with Gasteiger partial charge in [-0.2, -0.15) is 0 Å². The number of benzene rings is 2. The minimum absolute atomic E-state index is 0.0913. The van der Waals surface area contributed by atoms with E-state index in [0.717, 1.165) is 10.9 Å². The van der Waals surface area contributed by atoms with E-state index in [1.54, 1.807) is 22.8 Å². The van der Waals surface area contributed by atoms with Crippen LogP contribution in [0.5, 0.6) is 11.5 Å². The molecule has 4 rings (SSSR count). The number of nitrogens with zero attached hydrogens (tertiary/aromatic N) is 2. The highest BCUT2D eigenvalue weighted by atomic mass is 35.5. The molecule has 0 atom stereocenters. The number of aliphatic imine (C=N–C) groups is 1. The van der Waals surface area contributed by atoms with Crippen molar-refractivity contribution in [3.63, 3.8) is 0 Å². The molecule has 0 N–H and O–H groups in total. The second-order valence-electron chi connectivity index (χ2n) is 5.68. The maximum atomic E-state index is 13.0. The van der Waals surface area contributed by atoms with Crippen molar-refractivity contribution in [1.29, 1.82) is 0 Å². The molecule has 5 heteroatoms. The van der Waals surface area contributed by atoms with Crippen LogP contribution in [0.1, 0.15) is 19.4 Å². The van der Waals surface area contributed by atoms with Gasteiger partial charge in [0.1, 0.15) is 11.3 Å². The van der Waals surface area contributed by atoms with Crippen LogP contribution in [0.2, 0.25) is 5.02 Å². The maximum Gasteiger partial charge on any atom is 0.263 e. The Hall–Kier alpha value is -2.59. The fourth-order valence-electron chi connectivity index (χ4n) is 3.13. The van der Waals surface area contributed by atoms with E-state index in [1.807, 2.05) is 38.1 Å². The molecule has 24 heavy (non-hydrogen) atoms. The van der Waals surface area contributed by atoms with Gasteiger partial charge in [-0.3, -0.25) is 4.79 Å². The van der Waals surface area contributed by atoms with Crippen LogP contribution >= 0.6 is 11.6 Å². The van der Waals surface area contributed by atoms with Gasteiger partial charge in [-0.1, -0.05) is 23.7 Å². The van der Waals surface area contributed by atoms with Crippen molar-refractivity contribution in [2.75, 3.05) is 0 Å². The van der Waals surface area contributed by atoms with Crippen LogP contribution < -0.4 is 10.3 Å². The van der Waals surface area contributed by atoms with Gasteiger partial charge < -0.3 is 9.30 Å². The van der Waals surface area contributed by atoms with Crippen LogP contribution in [-0.4, -0.2) is 10.3 Å². The molecule has 120 valence electrons. The molecule has 0 fully saturated rings. The maximum absolute atomic E-state index is 13.0. The van der Waals surface area contributed by atoms with E-state index >= 15 is 0 Å². The van der Waals surface area contributed by atoms with Crippen LogP contribution in [0.15, 0.2) is 52.3 Å². The highest BCUT2D eigenvalue weighted by Crippen LogP contribution is 2.41. The number of hydrogen-bond acceptors (Lipinski definition) is 3. The van der Waals surface area contributed by atoms with Crippen molar-refractivity contribution in [3.8, 4) is 11.5 Å². The van der Waals surface area contributed by atoms with E-state index in [4.69, 9.17) is 16.3 Å². The van der Waals surface area contributed by atoms with Crippen LogP contribution in [0, 0.1) is 0 Å². The molecule has 1 aromatic heterocycles. The van der Waals surface area contributed by atoms with Gasteiger partial charge in [0.25, 0.3) is 5.56 Å². The molecule has 2 aromatic carbocycles. The number of fused-ring (bicyclic) bond motifs is 4. The summed E-state index contributed by atoms with van der Waals surface area (Å²) in [7, 11) is 0. The number of hydrogen-bond donors (Lipinski definition) is 0. The van der Waals surface area contributed by atoms with Crippen molar-refractivity contribution >= 4 is 33.9 Å². The summed E-state index contributed by atoms with van der Waals surface area (Å²) < 4.78 is 7.88. The Bertz CT molecular complexity index is 1070. The molecule has 0 bridgehead atoms. The standard InChI is InChI=1S/C19H15ClN2O2/c1-3-22-15-7-5-4-6-13(15)18-17(19(22)23)11(2)21-14-10-12(20)8-9-16(14)24-18/h4-10H,3H2,1-2H3. The van der Waals surface area contributed by atoms with Gasteiger partial charge in [0, 0.05) is 17.0 Å². The lowest BCUT2D eigenvalue weighted by atomic mass is 10.1. The highest BCUT2D eigenvalue weighted by Gasteiger charge is 2.23. The Morgan fingerprint density at radius 3 is 2.79 bits per heavy atom. The average molecular weight is 339 g/mol. The molecule has 0 spiro atoms. The molecule has 2 heterocycles. The number of ether oxygens (including phenoxy) is 1. The van der Waals surface area contributed by atoms with Gasteiger partial charge in [-0.05, 0) is 44.2 Å². The number of rotatable bonds is 1. The number of halogens is 1. The fourth-order valence-corrected chi connectivity index (χ4v) is 3.29. The fraction of sp³-hybridized carbons (Fsp3) is 0.158. The smallest absolute Gasteiger partial charge is 0.263 e. The molecule has 0 aliphatic carbocycles. The summed E-state index contributed by atoms with van der Waals surface area (Å²) in [6.45, 7) is 4.37. The largest absolute Gasteiger partial charge is 0.453 e. The summed E-state index contributed by atoms with van der Waals surface area (Å²) in [6, 6.07) is 13.0. The first kappa shape index (κ1) is 15.0. The highest BCUT2D eigenvalue weighted by molar-refractivity contribution is 6.31.